The molecule has 0 saturated heterocycles. The highest BCUT2D eigenvalue weighted by Gasteiger charge is 2.11. The van der Waals surface area contributed by atoms with Crippen molar-refractivity contribution in [3.8, 4) is 34.1 Å². The number of rotatable bonds is 5. The van der Waals surface area contributed by atoms with Crippen molar-refractivity contribution >= 4 is 0 Å². The second-order valence-corrected chi connectivity index (χ2v) is 4.14. The molecule has 4 heteroatoms. The number of benzene rings is 2. The van der Waals surface area contributed by atoms with E-state index >= 15 is 0 Å². The highest BCUT2D eigenvalue weighted by molar-refractivity contribution is 5.74. The highest BCUT2D eigenvalue weighted by atomic mass is 16.5. The molecule has 2 aromatic rings. The van der Waals surface area contributed by atoms with Crippen molar-refractivity contribution in [1.82, 2.24) is 0 Å². The van der Waals surface area contributed by atoms with Crippen molar-refractivity contribution in [3.05, 3.63) is 36.4 Å². The van der Waals surface area contributed by atoms with Crippen LogP contribution in [0.25, 0.3) is 11.1 Å². The fraction of sp³-hybridized carbons (Fsp3) is 0.250. The fourth-order valence-electron chi connectivity index (χ4n) is 2.04. The van der Waals surface area contributed by atoms with Crippen molar-refractivity contribution < 1.29 is 18.9 Å². The largest absolute Gasteiger partial charge is 0.497 e. The molecule has 4 nitrogen and oxygen atoms in total. The van der Waals surface area contributed by atoms with Crippen molar-refractivity contribution in [1.29, 1.82) is 0 Å². The predicted molar refractivity (Wildman–Crippen MR) is 78.1 cm³/mol. The lowest BCUT2D eigenvalue weighted by Crippen LogP contribution is -1.93. The minimum absolute atomic E-state index is 0.676. The maximum atomic E-state index is 5.40. The van der Waals surface area contributed by atoms with Crippen LogP contribution in [0.3, 0.4) is 0 Å². The molecule has 0 aromatic heterocycles. The average molecular weight is 274 g/mol. The Morgan fingerprint density at radius 1 is 0.600 bits per heavy atom. The molecule has 0 N–H and O–H groups in total. The molecule has 0 aliphatic carbocycles. The van der Waals surface area contributed by atoms with E-state index in [0.717, 1.165) is 22.6 Å². The van der Waals surface area contributed by atoms with Crippen LogP contribution in [0.2, 0.25) is 0 Å². The molecule has 0 atom stereocenters. The summed E-state index contributed by atoms with van der Waals surface area (Å²) in [6, 6.07) is 11.4. The minimum atomic E-state index is 0.676. The van der Waals surface area contributed by atoms with Gasteiger partial charge in [-0.3, -0.25) is 0 Å². The average Bonchev–Trinajstić information content (AvgIpc) is 2.53. The van der Waals surface area contributed by atoms with E-state index in [1.165, 1.54) is 0 Å². The number of methoxy groups -OCH3 is 4. The fourth-order valence-corrected chi connectivity index (χ4v) is 2.04. The third-order valence-electron chi connectivity index (χ3n) is 3.10. The highest BCUT2D eigenvalue weighted by Crippen LogP contribution is 2.37. The van der Waals surface area contributed by atoms with E-state index in [0.29, 0.717) is 11.5 Å². The summed E-state index contributed by atoms with van der Waals surface area (Å²) in [7, 11) is 6.51. The Balaban J connectivity index is 2.55. The van der Waals surface area contributed by atoms with Gasteiger partial charge in [0.25, 0.3) is 0 Å². The van der Waals surface area contributed by atoms with Gasteiger partial charge < -0.3 is 18.9 Å². The lowest BCUT2D eigenvalue weighted by Gasteiger charge is -2.13. The summed E-state index contributed by atoms with van der Waals surface area (Å²) in [4.78, 5) is 0. The Kier molecular flexibility index (Phi) is 4.35. The smallest absolute Gasteiger partial charge is 0.161 e. The first kappa shape index (κ1) is 14.1. The number of ether oxygens (including phenoxy) is 4. The molecule has 0 saturated carbocycles. The Morgan fingerprint density at radius 2 is 1.25 bits per heavy atom. The van der Waals surface area contributed by atoms with Gasteiger partial charge in [-0.25, -0.2) is 0 Å². The monoisotopic (exact) mass is 274 g/mol. The normalized spacial score (nSPS) is 10.0. The van der Waals surface area contributed by atoms with Crippen LogP contribution in [0.15, 0.2) is 36.4 Å². The van der Waals surface area contributed by atoms with E-state index < -0.39 is 0 Å². The van der Waals surface area contributed by atoms with E-state index in [1.807, 2.05) is 36.4 Å². The topological polar surface area (TPSA) is 36.9 Å². The zero-order valence-corrected chi connectivity index (χ0v) is 12.1. The second-order valence-electron chi connectivity index (χ2n) is 4.14. The molecule has 0 aliphatic heterocycles. The Labute approximate surface area is 118 Å². The molecule has 0 amide bonds. The maximum Gasteiger partial charge on any atom is 0.161 e. The Hall–Kier alpha value is -2.36. The van der Waals surface area contributed by atoms with E-state index in [9.17, 15) is 0 Å². The molecule has 0 fully saturated rings. The van der Waals surface area contributed by atoms with E-state index in [4.69, 9.17) is 18.9 Å². The summed E-state index contributed by atoms with van der Waals surface area (Å²) in [6.45, 7) is 0. The van der Waals surface area contributed by atoms with Gasteiger partial charge in [-0.15, -0.1) is 0 Å². The second kappa shape index (κ2) is 6.19. The number of hydrogen-bond acceptors (Lipinski definition) is 4. The van der Waals surface area contributed by atoms with Crippen molar-refractivity contribution in [2.75, 3.05) is 28.4 Å². The molecule has 2 rings (SSSR count). The predicted octanol–water partition coefficient (Wildman–Crippen LogP) is 3.39. The lowest BCUT2D eigenvalue weighted by atomic mass is 10.0. The van der Waals surface area contributed by atoms with Crippen molar-refractivity contribution in [2.24, 2.45) is 0 Å². The van der Waals surface area contributed by atoms with Crippen LogP contribution in [0.5, 0.6) is 23.0 Å². The van der Waals surface area contributed by atoms with E-state index in [-0.39, 0.29) is 0 Å². The van der Waals surface area contributed by atoms with Crippen molar-refractivity contribution in [2.45, 2.75) is 0 Å². The van der Waals surface area contributed by atoms with Gasteiger partial charge in [-0.05, 0) is 35.9 Å². The maximum absolute atomic E-state index is 5.40. The van der Waals surface area contributed by atoms with Crippen LogP contribution in [0, 0.1) is 0 Å². The van der Waals surface area contributed by atoms with Gasteiger partial charge in [-0.1, -0.05) is 6.07 Å². The summed E-state index contributed by atoms with van der Waals surface area (Å²) in [5.41, 5.74) is 1.91. The summed E-state index contributed by atoms with van der Waals surface area (Å²) in [5.74, 6) is 2.92. The summed E-state index contributed by atoms with van der Waals surface area (Å²) in [6.07, 6.45) is 0. The van der Waals surface area contributed by atoms with Gasteiger partial charge in [-0.2, -0.15) is 0 Å². The molecule has 2 aromatic carbocycles. The molecule has 0 bridgehead atoms. The molecular weight excluding hydrogens is 256 g/mol. The quantitative estimate of drug-likeness (QED) is 0.837. The summed E-state index contributed by atoms with van der Waals surface area (Å²) in [5, 5.41) is 0. The third-order valence-corrected chi connectivity index (χ3v) is 3.10. The zero-order chi connectivity index (χ0) is 14.5. The molecule has 106 valence electrons. The van der Waals surface area contributed by atoms with Crippen molar-refractivity contribution in [3.63, 3.8) is 0 Å². The number of hydrogen-bond donors (Lipinski definition) is 0. The minimum Gasteiger partial charge on any atom is -0.497 e. The first-order valence-corrected chi connectivity index (χ1v) is 6.18. The molecule has 0 heterocycles. The standard InChI is InChI=1S/C16H18O4/c1-17-12-6-8-14(18-2)13(10-12)11-5-7-15(19-3)16(9-11)20-4/h5-10H,1-4H3. The summed E-state index contributed by atoms with van der Waals surface area (Å²) < 4.78 is 21.2. The Morgan fingerprint density at radius 3 is 1.85 bits per heavy atom. The van der Waals surface area contributed by atoms with Crippen LogP contribution in [-0.2, 0) is 0 Å². The van der Waals surface area contributed by atoms with Gasteiger partial charge in [0, 0.05) is 5.56 Å². The molecule has 0 unspecified atom stereocenters. The molecular formula is C16H18O4. The molecule has 0 aliphatic rings. The summed E-state index contributed by atoms with van der Waals surface area (Å²) >= 11 is 0. The van der Waals surface area contributed by atoms with E-state index in [1.54, 1.807) is 28.4 Å². The first-order valence-electron chi connectivity index (χ1n) is 6.18. The van der Waals surface area contributed by atoms with Gasteiger partial charge in [0.1, 0.15) is 11.5 Å². The van der Waals surface area contributed by atoms with Crippen LogP contribution < -0.4 is 18.9 Å². The van der Waals surface area contributed by atoms with Gasteiger partial charge in [0.05, 0.1) is 28.4 Å². The lowest BCUT2D eigenvalue weighted by molar-refractivity contribution is 0.355. The van der Waals surface area contributed by atoms with E-state index in [2.05, 4.69) is 0 Å². The Bertz CT molecular complexity index is 593. The third kappa shape index (κ3) is 2.64. The van der Waals surface area contributed by atoms with Crippen LogP contribution >= 0.6 is 0 Å². The SMILES string of the molecule is COc1ccc(OC)c(-c2ccc(OC)c(OC)c2)c1. The molecule has 0 radical (unpaired) electrons. The van der Waals surface area contributed by atoms with Gasteiger partial charge in [0.15, 0.2) is 11.5 Å². The van der Waals surface area contributed by atoms with Crippen LogP contribution in [0.1, 0.15) is 0 Å². The zero-order valence-electron chi connectivity index (χ0n) is 12.1. The van der Waals surface area contributed by atoms with Crippen LogP contribution in [-0.4, -0.2) is 28.4 Å². The molecule has 0 spiro atoms. The first-order chi connectivity index (χ1) is 9.73. The molecule has 20 heavy (non-hydrogen) atoms. The van der Waals surface area contributed by atoms with Gasteiger partial charge in [0.2, 0.25) is 0 Å². The van der Waals surface area contributed by atoms with Crippen LogP contribution in [0.4, 0.5) is 0 Å². The van der Waals surface area contributed by atoms with Gasteiger partial charge >= 0.3 is 0 Å².